The van der Waals surface area contributed by atoms with Crippen molar-refractivity contribution >= 4 is 52.8 Å². The molecule has 0 aromatic heterocycles. The number of carbonyl (C=O) groups excluding carboxylic acids is 1. The summed E-state index contributed by atoms with van der Waals surface area (Å²) in [6.45, 7) is 0.426. The van der Waals surface area contributed by atoms with Gasteiger partial charge in [0.2, 0.25) is 0 Å². The highest BCUT2D eigenvalue weighted by molar-refractivity contribution is 7.79. The maximum absolute atomic E-state index is 12.9. The Morgan fingerprint density at radius 3 is 2.03 bits per heavy atom. The summed E-state index contributed by atoms with van der Waals surface area (Å²) in [6, 6.07) is 34.6. The molecule has 0 saturated carbocycles. The van der Waals surface area contributed by atoms with Gasteiger partial charge < -0.3 is 4.74 Å². The number of benzene rings is 4. The SMILES string of the molecule is O=C(CCCOc1ccc(Cl)cc1Cl)Cc1ccccc1P(c1ccccc1)c1ccccc1. The molecule has 0 aliphatic rings. The Labute approximate surface area is 212 Å². The summed E-state index contributed by atoms with van der Waals surface area (Å²) < 4.78 is 5.73. The molecule has 0 fully saturated rings. The maximum Gasteiger partial charge on any atom is 0.137 e. The van der Waals surface area contributed by atoms with Crippen LogP contribution in [-0.2, 0) is 11.2 Å². The van der Waals surface area contributed by atoms with E-state index in [-0.39, 0.29) is 5.78 Å². The lowest BCUT2D eigenvalue weighted by Gasteiger charge is -2.22. The van der Waals surface area contributed by atoms with Gasteiger partial charge in [-0.2, -0.15) is 0 Å². The van der Waals surface area contributed by atoms with Crippen LogP contribution >= 0.6 is 31.1 Å². The molecule has 172 valence electrons. The fraction of sp³-hybridized carbons (Fsp3) is 0.138. The van der Waals surface area contributed by atoms with E-state index in [4.69, 9.17) is 27.9 Å². The molecule has 2 nitrogen and oxygen atoms in total. The monoisotopic (exact) mass is 506 g/mol. The van der Waals surface area contributed by atoms with Gasteiger partial charge in [0.05, 0.1) is 11.6 Å². The van der Waals surface area contributed by atoms with Crippen LogP contribution in [0.1, 0.15) is 18.4 Å². The van der Waals surface area contributed by atoms with Crippen molar-refractivity contribution in [2.45, 2.75) is 19.3 Å². The number of ether oxygens (including phenoxy) is 1. The van der Waals surface area contributed by atoms with E-state index in [1.807, 2.05) is 18.2 Å². The summed E-state index contributed by atoms with van der Waals surface area (Å²) in [6.07, 6.45) is 1.50. The summed E-state index contributed by atoms with van der Waals surface area (Å²) in [4.78, 5) is 12.9. The third-order valence-electron chi connectivity index (χ3n) is 5.40. The van der Waals surface area contributed by atoms with Gasteiger partial charge in [0.25, 0.3) is 0 Å². The van der Waals surface area contributed by atoms with E-state index in [9.17, 15) is 4.79 Å². The third-order valence-corrected chi connectivity index (χ3v) is 8.48. The number of halogens is 2. The normalized spacial score (nSPS) is 10.9. The minimum Gasteiger partial charge on any atom is -0.492 e. The molecule has 0 N–H and O–H groups in total. The van der Waals surface area contributed by atoms with Gasteiger partial charge in [-0.3, -0.25) is 4.79 Å². The molecule has 0 heterocycles. The molecule has 0 aliphatic heterocycles. The molecule has 0 unspecified atom stereocenters. The highest BCUT2D eigenvalue weighted by Crippen LogP contribution is 2.34. The summed E-state index contributed by atoms with van der Waals surface area (Å²) in [5.74, 6) is 0.787. The van der Waals surface area contributed by atoms with Crippen LogP contribution in [0.2, 0.25) is 10.0 Å². The summed E-state index contributed by atoms with van der Waals surface area (Å²) in [5.41, 5.74) is 1.09. The molecule has 0 saturated heterocycles. The predicted octanol–water partition coefficient (Wildman–Crippen LogP) is 6.72. The molecular weight excluding hydrogens is 482 g/mol. The Morgan fingerprint density at radius 2 is 1.38 bits per heavy atom. The largest absolute Gasteiger partial charge is 0.492 e. The molecule has 0 spiro atoms. The second-order valence-corrected chi connectivity index (χ2v) is 10.9. The second-order valence-electron chi connectivity index (χ2n) is 7.88. The molecular formula is C29H25Cl2O2P. The number of Topliss-reactive ketones (excluding diaryl/α,β-unsaturated/α-hetero) is 1. The van der Waals surface area contributed by atoms with Crippen molar-refractivity contribution < 1.29 is 9.53 Å². The first kappa shape index (κ1) is 24.5. The van der Waals surface area contributed by atoms with Crippen molar-refractivity contribution in [2.24, 2.45) is 0 Å². The van der Waals surface area contributed by atoms with Gasteiger partial charge in [-0.05, 0) is 54.0 Å². The van der Waals surface area contributed by atoms with Crippen LogP contribution in [-0.4, -0.2) is 12.4 Å². The predicted molar refractivity (Wildman–Crippen MR) is 145 cm³/mol. The lowest BCUT2D eigenvalue weighted by atomic mass is 10.1. The number of carbonyl (C=O) groups is 1. The van der Waals surface area contributed by atoms with Crippen molar-refractivity contribution in [2.75, 3.05) is 6.61 Å². The molecule has 0 amide bonds. The Hall–Kier alpha value is -2.64. The molecule has 0 radical (unpaired) electrons. The first-order valence-corrected chi connectivity index (χ1v) is 13.3. The minimum absolute atomic E-state index is 0.203. The molecule has 0 aliphatic carbocycles. The van der Waals surface area contributed by atoms with Crippen molar-refractivity contribution in [1.82, 2.24) is 0 Å². The molecule has 5 heteroatoms. The van der Waals surface area contributed by atoms with Crippen LogP contribution in [0.15, 0.2) is 103 Å². The molecule has 0 bridgehead atoms. The highest BCUT2D eigenvalue weighted by Gasteiger charge is 2.20. The van der Waals surface area contributed by atoms with Gasteiger partial charge in [0.1, 0.15) is 11.5 Å². The number of ketones is 1. The number of rotatable bonds is 10. The van der Waals surface area contributed by atoms with Crippen LogP contribution in [0.5, 0.6) is 5.75 Å². The third kappa shape index (κ3) is 6.48. The molecule has 4 rings (SSSR count). The van der Waals surface area contributed by atoms with Gasteiger partial charge >= 0.3 is 0 Å². The Morgan fingerprint density at radius 1 is 0.765 bits per heavy atom. The zero-order chi connectivity index (χ0) is 23.8. The van der Waals surface area contributed by atoms with E-state index in [1.165, 1.54) is 15.9 Å². The van der Waals surface area contributed by atoms with E-state index < -0.39 is 7.92 Å². The highest BCUT2D eigenvalue weighted by atomic mass is 35.5. The molecule has 34 heavy (non-hydrogen) atoms. The summed E-state index contributed by atoms with van der Waals surface area (Å²) >= 11 is 12.1. The molecule has 4 aromatic carbocycles. The van der Waals surface area contributed by atoms with Crippen LogP contribution < -0.4 is 20.7 Å². The summed E-state index contributed by atoms with van der Waals surface area (Å²) in [7, 11) is -0.752. The zero-order valence-electron chi connectivity index (χ0n) is 18.7. The minimum atomic E-state index is -0.752. The summed E-state index contributed by atoms with van der Waals surface area (Å²) in [5, 5.41) is 4.82. The lowest BCUT2D eigenvalue weighted by Crippen LogP contribution is -2.24. The van der Waals surface area contributed by atoms with Gasteiger partial charge in [-0.1, -0.05) is 108 Å². The topological polar surface area (TPSA) is 26.3 Å². The van der Waals surface area contributed by atoms with Gasteiger partial charge in [0.15, 0.2) is 0 Å². The number of hydrogen-bond acceptors (Lipinski definition) is 2. The van der Waals surface area contributed by atoms with Crippen molar-refractivity contribution in [3.63, 3.8) is 0 Å². The van der Waals surface area contributed by atoms with Crippen LogP contribution in [0, 0.1) is 0 Å². The van der Waals surface area contributed by atoms with Gasteiger partial charge in [0, 0.05) is 17.9 Å². The van der Waals surface area contributed by atoms with Crippen molar-refractivity contribution in [3.05, 3.63) is 119 Å². The van der Waals surface area contributed by atoms with Gasteiger partial charge in [-0.25, -0.2) is 0 Å². The Bertz CT molecular complexity index is 1190. The molecule has 0 atom stereocenters. The van der Waals surface area contributed by atoms with E-state index in [1.54, 1.807) is 18.2 Å². The first-order valence-electron chi connectivity index (χ1n) is 11.2. The van der Waals surface area contributed by atoms with Crippen LogP contribution in [0.25, 0.3) is 0 Å². The zero-order valence-corrected chi connectivity index (χ0v) is 21.1. The quantitative estimate of drug-likeness (QED) is 0.176. The Balaban J connectivity index is 1.45. The average Bonchev–Trinajstić information content (AvgIpc) is 2.85. The fourth-order valence-corrected chi connectivity index (χ4v) is 6.74. The van der Waals surface area contributed by atoms with Gasteiger partial charge in [-0.15, -0.1) is 0 Å². The van der Waals surface area contributed by atoms with E-state index >= 15 is 0 Å². The number of hydrogen-bond donors (Lipinski definition) is 0. The Kier molecular flexibility index (Phi) is 8.77. The first-order chi connectivity index (χ1) is 16.6. The fourth-order valence-electron chi connectivity index (χ4n) is 3.80. The van der Waals surface area contributed by atoms with E-state index in [2.05, 4.69) is 66.7 Å². The van der Waals surface area contributed by atoms with Crippen molar-refractivity contribution in [3.8, 4) is 5.75 Å². The maximum atomic E-state index is 12.9. The standard InChI is InChI=1S/C29H25Cl2O2P/c30-23-17-18-28(27(31)21-23)33-19-9-11-24(32)20-22-10-7-8-16-29(22)34(25-12-3-1-4-13-25)26-14-5-2-6-15-26/h1-8,10,12-18,21H,9,11,19-20H2. The van der Waals surface area contributed by atoms with E-state index in [0.29, 0.717) is 41.7 Å². The van der Waals surface area contributed by atoms with Crippen LogP contribution in [0.4, 0.5) is 0 Å². The lowest BCUT2D eigenvalue weighted by molar-refractivity contribution is -0.118. The smallest absolute Gasteiger partial charge is 0.137 e. The van der Waals surface area contributed by atoms with Crippen molar-refractivity contribution in [1.29, 1.82) is 0 Å². The van der Waals surface area contributed by atoms with Crippen LogP contribution in [0.3, 0.4) is 0 Å². The molecule has 4 aromatic rings. The second kappa shape index (κ2) is 12.2. The average molecular weight is 507 g/mol. The van der Waals surface area contributed by atoms with E-state index in [0.717, 1.165) is 5.56 Å².